The van der Waals surface area contributed by atoms with E-state index < -0.39 is 4.92 Å². The van der Waals surface area contributed by atoms with Crippen LogP contribution in [0.3, 0.4) is 0 Å². The number of amides is 1. The van der Waals surface area contributed by atoms with Gasteiger partial charge in [0.25, 0.3) is 5.91 Å². The van der Waals surface area contributed by atoms with Gasteiger partial charge in [-0.1, -0.05) is 0 Å². The topological polar surface area (TPSA) is 80.4 Å². The third kappa shape index (κ3) is 2.07. The van der Waals surface area contributed by atoms with Crippen LogP contribution in [0.2, 0.25) is 0 Å². The van der Waals surface area contributed by atoms with Crippen molar-refractivity contribution in [3.05, 3.63) is 27.9 Å². The minimum absolute atomic E-state index is 0.0527. The lowest BCUT2D eigenvalue weighted by molar-refractivity contribution is -0.391. The number of rotatable bonds is 2. The fourth-order valence-electron chi connectivity index (χ4n) is 3.27. The lowest BCUT2D eigenvalue weighted by atomic mass is 9.94. The molecule has 1 aromatic rings. The Kier molecular flexibility index (Phi) is 3.21. The smallest absolute Gasteiger partial charge is 0.323 e. The predicted octanol–water partition coefficient (Wildman–Crippen LogP) is 0.757. The molecule has 1 aromatic heterocycles. The van der Waals surface area contributed by atoms with Crippen LogP contribution in [0, 0.1) is 16.0 Å². The highest BCUT2D eigenvalue weighted by Gasteiger charge is 2.38. The van der Waals surface area contributed by atoms with E-state index in [2.05, 4.69) is 5.32 Å². The highest BCUT2D eigenvalue weighted by atomic mass is 16.6. The second kappa shape index (κ2) is 4.90. The first-order valence-corrected chi connectivity index (χ1v) is 6.90. The summed E-state index contributed by atoms with van der Waals surface area (Å²) in [6.07, 6.45) is 2.30. The van der Waals surface area contributed by atoms with Crippen LogP contribution < -0.4 is 5.32 Å². The largest absolute Gasteiger partial charge is 0.358 e. The summed E-state index contributed by atoms with van der Waals surface area (Å²) in [4.78, 5) is 24.7. The Bertz CT molecular complexity index is 540. The van der Waals surface area contributed by atoms with E-state index in [1.54, 1.807) is 7.05 Å². The molecule has 2 fully saturated rings. The van der Waals surface area contributed by atoms with Crippen molar-refractivity contribution < 1.29 is 9.72 Å². The van der Waals surface area contributed by atoms with Gasteiger partial charge in [-0.25, -0.2) is 4.57 Å². The Morgan fingerprint density at radius 1 is 1.45 bits per heavy atom. The van der Waals surface area contributed by atoms with Crippen molar-refractivity contribution in [3.8, 4) is 0 Å². The predicted molar refractivity (Wildman–Crippen MR) is 72.5 cm³/mol. The van der Waals surface area contributed by atoms with E-state index in [9.17, 15) is 14.9 Å². The Hall–Kier alpha value is -1.89. The van der Waals surface area contributed by atoms with Gasteiger partial charge in [-0.3, -0.25) is 4.79 Å². The SMILES string of the molecule is Cn1c(C(=O)N2C[C@@H]3CCCN[C@@H]3C2)ccc1[N+](=O)[O-]. The van der Waals surface area contributed by atoms with Crippen LogP contribution in [0.5, 0.6) is 0 Å². The third-order valence-electron chi connectivity index (χ3n) is 4.39. The Morgan fingerprint density at radius 2 is 2.25 bits per heavy atom. The lowest BCUT2D eigenvalue weighted by Crippen LogP contribution is -2.41. The molecule has 0 saturated carbocycles. The number of likely N-dealkylation sites (tertiary alicyclic amines) is 1. The van der Waals surface area contributed by atoms with E-state index in [1.165, 1.54) is 16.7 Å². The molecule has 108 valence electrons. The number of fused-ring (bicyclic) bond motifs is 1. The normalized spacial score (nSPS) is 25.6. The number of nitrogens with zero attached hydrogens (tertiary/aromatic N) is 3. The van der Waals surface area contributed by atoms with Crippen molar-refractivity contribution in [1.82, 2.24) is 14.8 Å². The van der Waals surface area contributed by atoms with Crippen molar-refractivity contribution in [2.45, 2.75) is 18.9 Å². The Morgan fingerprint density at radius 3 is 2.90 bits per heavy atom. The van der Waals surface area contributed by atoms with Crippen LogP contribution in [-0.4, -0.2) is 46.0 Å². The van der Waals surface area contributed by atoms with Gasteiger partial charge in [0.1, 0.15) is 0 Å². The van der Waals surface area contributed by atoms with Crippen molar-refractivity contribution in [1.29, 1.82) is 0 Å². The molecule has 0 bridgehead atoms. The van der Waals surface area contributed by atoms with E-state index >= 15 is 0 Å². The van der Waals surface area contributed by atoms with Gasteiger partial charge in [0.05, 0.1) is 7.05 Å². The summed E-state index contributed by atoms with van der Waals surface area (Å²) < 4.78 is 1.36. The molecule has 0 aromatic carbocycles. The molecule has 1 amide bonds. The average molecular weight is 278 g/mol. The zero-order valence-corrected chi connectivity index (χ0v) is 11.4. The molecule has 2 aliphatic heterocycles. The molecule has 7 nitrogen and oxygen atoms in total. The van der Waals surface area contributed by atoms with Crippen LogP contribution >= 0.6 is 0 Å². The summed E-state index contributed by atoms with van der Waals surface area (Å²) in [6.45, 7) is 2.46. The quantitative estimate of drug-likeness (QED) is 0.639. The lowest BCUT2D eigenvalue weighted by Gasteiger charge is -2.24. The number of nitrogens with one attached hydrogen (secondary N) is 1. The highest BCUT2D eigenvalue weighted by molar-refractivity contribution is 5.93. The van der Waals surface area contributed by atoms with Gasteiger partial charge >= 0.3 is 5.82 Å². The maximum atomic E-state index is 12.5. The maximum absolute atomic E-state index is 12.5. The van der Waals surface area contributed by atoms with Crippen molar-refractivity contribution in [2.75, 3.05) is 19.6 Å². The highest BCUT2D eigenvalue weighted by Crippen LogP contribution is 2.26. The first kappa shape index (κ1) is 13.1. The molecule has 0 aliphatic carbocycles. The maximum Gasteiger partial charge on any atom is 0.323 e. The molecule has 20 heavy (non-hydrogen) atoms. The molecule has 0 spiro atoms. The Balaban J connectivity index is 1.78. The standard InChI is InChI=1S/C13H18N4O3/c1-15-11(4-5-12(15)17(19)20)13(18)16-7-9-3-2-6-14-10(9)8-16/h4-5,9-10,14H,2-3,6-8H2,1H3/t9-,10+/m0/s1. The molecular formula is C13H18N4O3. The summed E-state index contributed by atoms with van der Waals surface area (Å²) in [5, 5.41) is 14.3. The number of nitro groups is 1. The zero-order valence-electron chi connectivity index (χ0n) is 11.4. The van der Waals surface area contributed by atoms with Crippen LogP contribution in [0.25, 0.3) is 0 Å². The fraction of sp³-hybridized carbons (Fsp3) is 0.615. The van der Waals surface area contributed by atoms with Crippen LogP contribution in [0.4, 0.5) is 5.82 Å². The van der Waals surface area contributed by atoms with Gasteiger partial charge in [0.2, 0.25) is 0 Å². The van der Waals surface area contributed by atoms with Gasteiger partial charge in [-0.2, -0.15) is 0 Å². The summed E-state index contributed by atoms with van der Waals surface area (Å²) >= 11 is 0. The third-order valence-corrected chi connectivity index (χ3v) is 4.39. The molecule has 0 unspecified atom stereocenters. The molecule has 7 heteroatoms. The number of carbonyl (C=O) groups excluding carboxylic acids is 1. The Labute approximate surface area is 116 Å². The second-order valence-electron chi connectivity index (χ2n) is 5.57. The molecule has 2 atom stereocenters. The molecule has 3 rings (SSSR count). The molecule has 2 saturated heterocycles. The van der Waals surface area contributed by atoms with E-state index in [4.69, 9.17) is 0 Å². The van der Waals surface area contributed by atoms with Gasteiger partial charge in [0, 0.05) is 25.2 Å². The van der Waals surface area contributed by atoms with Crippen LogP contribution in [0.15, 0.2) is 12.1 Å². The molecular weight excluding hydrogens is 260 g/mol. The van der Waals surface area contributed by atoms with E-state index in [0.717, 1.165) is 25.9 Å². The number of aromatic nitrogens is 1. The monoisotopic (exact) mass is 278 g/mol. The zero-order chi connectivity index (χ0) is 14.3. The van der Waals surface area contributed by atoms with Crippen LogP contribution in [-0.2, 0) is 7.05 Å². The molecule has 0 radical (unpaired) electrons. The summed E-state index contributed by atoms with van der Waals surface area (Å²) in [7, 11) is 1.56. The van der Waals surface area contributed by atoms with E-state index in [1.807, 2.05) is 4.90 Å². The van der Waals surface area contributed by atoms with E-state index in [0.29, 0.717) is 24.2 Å². The number of hydrogen-bond donors (Lipinski definition) is 1. The van der Waals surface area contributed by atoms with Crippen molar-refractivity contribution in [3.63, 3.8) is 0 Å². The van der Waals surface area contributed by atoms with Crippen molar-refractivity contribution in [2.24, 2.45) is 13.0 Å². The van der Waals surface area contributed by atoms with Gasteiger partial charge in [-0.15, -0.1) is 0 Å². The fourth-order valence-corrected chi connectivity index (χ4v) is 3.27. The molecule has 2 aliphatic rings. The summed E-state index contributed by atoms with van der Waals surface area (Å²) in [5.74, 6) is 0.350. The molecule has 1 N–H and O–H groups in total. The first-order valence-electron chi connectivity index (χ1n) is 6.90. The van der Waals surface area contributed by atoms with Gasteiger partial charge < -0.3 is 20.3 Å². The second-order valence-corrected chi connectivity index (χ2v) is 5.57. The van der Waals surface area contributed by atoms with Gasteiger partial charge in [-0.05, 0) is 36.3 Å². The molecule has 3 heterocycles. The number of carbonyl (C=O) groups is 1. The minimum atomic E-state index is -0.470. The summed E-state index contributed by atoms with van der Waals surface area (Å²) in [6, 6.07) is 3.30. The van der Waals surface area contributed by atoms with Gasteiger partial charge in [0.15, 0.2) is 5.69 Å². The van der Waals surface area contributed by atoms with Crippen LogP contribution in [0.1, 0.15) is 23.3 Å². The minimum Gasteiger partial charge on any atom is -0.358 e. The van der Waals surface area contributed by atoms with E-state index in [-0.39, 0.29) is 11.7 Å². The van der Waals surface area contributed by atoms with Crippen molar-refractivity contribution >= 4 is 11.7 Å². The summed E-state index contributed by atoms with van der Waals surface area (Å²) in [5.41, 5.74) is 0.385. The average Bonchev–Trinajstić information content (AvgIpc) is 3.01. The first-order chi connectivity index (χ1) is 9.58. The number of piperidine rings is 1. The number of hydrogen-bond acceptors (Lipinski definition) is 4.